The lowest BCUT2D eigenvalue weighted by atomic mass is 10.1. The Balaban J connectivity index is 2.05. The third-order valence-electron chi connectivity index (χ3n) is 3.09. The Hall–Kier alpha value is -2.50. The van der Waals surface area contributed by atoms with Crippen molar-refractivity contribution in [3.8, 4) is 0 Å². The van der Waals surface area contributed by atoms with Crippen LogP contribution in [0.2, 0.25) is 0 Å². The molecule has 110 valence electrons. The predicted octanol–water partition coefficient (Wildman–Crippen LogP) is 2.20. The van der Waals surface area contributed by atoms with E-state index in [9.17, 15) is 9.18 Å². The number of carbonyl (C=O) groups is 1. The molecule has 1 aromatic heterocycles. The van der Waals surface area contributed by atoms with Crippen molar-refractivity contribution in [3.63, 3.8) is 0 Å². The van der Waals surface area contributed by atoms with Gasteiger partial charge in [0.15, 0.2) is 5.69 Å². The molecular weight excluding hydrogens is 271 g/mol. The number of aryl methyl sites for hydroxylation is 2. The van der Waals surface area contributed by atoms with Gasteiger partial charge in [0.25, 0.3) is 5.91 Å². The number of amides is 1. The molecule has 0 fully saturated rings. The summed E-state index contributed by atoms with van der Waals surface area (Å²) in [5.74, 6) is 0.106. The first-order chi connectivity index (χ1) is 10.0. The van der Waals surface area contributed by atoms with Gasteiger partial charge < -0.3 is 10.6 Å². The number of hydrogen-bond acceptors (Lipinski definition) is 4. The minimum atomic E-state index is -0.279. The van der Waals surface area contributed by atoms with Gasteiger partial charge in [0.05, 0.1) is 0 Å². The summed E-state index contributed by atoms with van der Waals surface area (Å²) in [4.78, 5) is 11.3. The Morgan fingerprint density at radius 3 is 2.38 bits per heavy atom. The van der Waals surface area contributed by atoms with E-state index in [1.54, 1.807) is 38.1 Å². The molecule has 0 atom stereocenters. The summed E-state index contributed by atoms with van der Waals surface area (Å²) >= 11 is 0. The van der Waals surface area contributed by atoms with E-state index in [1.807, 2.05) is 0 Å². The summed E-state index contributed by atoms with van der Waals surface area (Å²) in [6.45, 7) is 3.99. The molecule has 0 radical (unpaired) electrons. The minimum absolute atomic E-state index is 0.173. The van der Waals surface area contributed by atoms with Crippen molar-refractivity contribution in [3.05, 3.63) is 52.5 Å². The van der Waals surface area contributed by atoms with Gasteiger partial charge in [0.2, 0.25) is 0 Å². The van der Waals surface area contributed by atoms with Crippen LogP contribution in [0, 0.1) is 19.7 Å². The van der Waals surface area contributed by atoms with Crippen molar-refractivity contribution in [1.29, 1.82) is 0 Å². The maximum Gasteiger partial charge on any atom is 0.271 e. The molecule has 0 aliphatic heterocycles. The lowest BCUT2D eigenvalue weighted by Gasteiger charge is -2.08. The second-order valence-electron chi connectivity index (χ2n) is 4.78. The van der Waals surface area contributed by atoms with Gasteiger partial charge in [0, 0.05) is 13.6 Å². The summed E-state index contributed by atoms with van der Waals surface area (Å²) < 4.78 is 13.5. The van der Waals surface area contributed by atoms with Crippen LogP contribution >= 0.6 is 0 Å². The first kappa shape index (κ1) is 14.9. The van der Waals surface area contributed by atoms with E-state index in [0.717, 1.165) is 5.56 Å². The molecule has 0 aliphatic rings. The van der Waals surface area contributed by atoms with Crippen LogP contribution in [0.1, 0.15) is 27.2 Å². The van der Waals surface area contributed by atoms with Gasteiger partial charge in [-0.1, -0.05) is 12.1 Å². The first-order valence-corrected chi connectivity index (χ1v) is 6.56. The van der Waals surface area contributed by atoms with Gasteiger partial charge in [-0.15, -0.1) is 10.2 Å². The fraction of sp³-hybridized carbons (Fsp3) is 0.267. The van der Waals surface area contributed by atoms with Gasteiger partial charge in [-0.2, -0.15) is 0 Å². The third-order valence-corrected chi connectivity index (χ3v) is 3.09. The zero-order valence-electron chi connectivity index (χ0n) is 12.2. The van der Waals surface area contributed by atoms with Crippen LogP contribution < -0.4 is 10.6 Å². The van der Waals surface area contributed by atoms with E-state index >= 15 is 0 Å². The molecule has 5 nitrogen and oxygen atoms in total. The first-order valence-electron chi connectivity index (χ1n) is 6.56. The van der Waals surface area contributed by atoms with E-state index in [4.69, 9.17) is 0 Å². The highest BCUT2D eigenvalue weighted by molar-refractivity contribution is 5.91. The van der Waals surface area contributed by atoms with Gasteiger partial charge in [-0.05, 0) is 42.7 Å². The van der Waals surface area contributed by atoms with E-state index < -0.39 is 0 Å². The standard InChI is InChI=1S/C15H17FN4O/c1-9-6-11(7-10(2)14(9)16)8-18-13-5-4-12(19-20-13)15(21)17-3/h4-7H,8H2,1-3H3,(H,17,21)(H,18,20). The molecule has 2 aromatic rings. The molecule has 6 heteroatoms. The van der Waals surface area contributed by atoms with Crippen LogP contribution in [0.3, 0.4) is 0 Å². The fourth-order valence-electron chi connectivity index (χ4n) is 2.01. The van der Waals surface area contributed by atoms with Crippen LogP contribution in [0.15, 0.2) is 24.3 Å². The summed E-state index contributed by atoms with van der Waals surface area (Å²) in [7, 11) is 1.54. The topological polar surface area (TPSA) is 66.9 Å². The summed E-state index contributed by atoms with van der Waals surface area (Å²) in [5.41, 5.74) is 2.46. The molecule has 2 N–H and O–H groups in total. The minimum Gasteiger partial charge on any atom is -0.365 e. The molecule has 0 saturated heterocycles. The Bertz CT molecular complexity index is 632. The van der Waals surface area contributed by atoms with Crippen molar-refractivity contribution < 1.29 is 9.18 Å². The number of halogens is 1. The lowest BCUT2D eigenvalue weighted by Crippen LogP contribution is -2.19. The van der Waals surface area contributed by atoms with Crippen LogP contribution in [0.5, 0.6) is 0 Å². The SMILES string of the molecule is CNC(=O)c1ccc(NCc2cc(C)c(F)c(C)c2)nn1. The van der Waals surface area contributed by atoms with Crippen molar-refractivity contribution in [1.82, 2.24) is 15.5 Å². The van der Waals surface area contributed by atoms with Gasteiger partial charge in [-0.25, -0.2) is 4.39 Å². The zero-order valence-corrected chi connectivity index (χ0v) is 12.2. The smallest absolute Gasteiger partial charge is 0.271 e. The maximum atomic E-state index is 13.5. The molecule has 0 spiro atoms. The zero-order chi connectivity index (χ0) is 15.4. The average Bonchev–Trinajstić information content (AvgIpc) is 2.50. The lowest BCUT2D eigenvalue weighted by molar-refractivity contribution is 0.0957. The second kappa shape index (κ2) is 6.30. The molecule has 0 unspecified atom stereocenters. The Morgan fingerprint density at radius 1 is 1.19 bits per heavy atom. The largest absolute Gasteiger partial charge is 0.365 e. The number of aromatic nitrogens is 2. The molecule has 1 heterocycles. The predicted molar refractivity (Wildman–Crippen MR) is 78.6 cm³/mol. The summed E-state index contributed by atoms with van der Waals surface area (Å²) in [6.07, 6.45) is 0. The number of nitrogens with one attached hydrogen (secondary N) is 2. The highest BCUT2D eigenvalue weighted by atomic mass is 19.1. The van der Waals surface area contributed by atoms with E-state index in [0.29, 0.717) is 23.5 Å². The Morgan fingerprint density at radius 2 is 1.86 bits per heavy atom. The van der Waals surface area contributed by atoms with Crippen LogP contribution in [-0.2, 0) is 6.54 Å². The number of carbonyl (C=O) groups excluding carboxylic acids is 1. The Kier molecular flexibility index (Phi) is 4.47. The number of anilines is 1. The van der Waals surface area contributed by atoms with Gasteiger partial charge >= 0.3 is 0 Å². The monoisotopic (exact) mass is 288 g/mol. The third kappa shape index (κ3) is 3.53. The molecule has 1 amide bonds. The quantitative estimate of drug-likeness (QED) is 0.905. The fourth-order valence-corrected chi connectivity index (χ4v) is 2.01. The molecular formula is C15H17FN4O. The van der Waals surface area contributed by atoms with Crippen molar-refractivity contribution >= 4 is 11.7 Å². The van der Waals surface area contributed by atoms with Crippen molar-refractivity contribution in [2.24, 2.45) is 0 Å². The van der Waals surface area contributed by atoms with E-state index in [2.05, 4.69) is 20.8 Å². The normalized spacial score (nSPS) is 10.3. The molecule has 0 saturated carbocycles. The summed E-state index contributed by atoms with van der Waals surface area (Å²) in [5, 5.41) is 13.3. The number of benzene rings is 1. The number of nitrogens with zero attached hydrogens (tertiary/aromatic N) is 2. The van der Waals surface area contributed by atoms with Gasteiger partial charge in [0.1, 0.15) is 11.6 Å². The highest BCUT2D eigenvalue weighted by Crippen LogP contribution is 2.15. The van der Waals surface area contributed by atoms with E-state index in [-0.39, 0.29) is 17.4 Å². The van der Waals surface area contributed by atoms with Crippen molar-refractivity contribution in [2.75, 3.05) is 12.4 Å². The molecule has 0 bridgehead atoms. The molecule has 0 aliphatic carbocycles. The maximum absolute atomic E-state index is 13.5. The molecule has 1 aromatic carbocycles. The molecule has 2 rings (SSSR count). The van der Waals surface area contributed by atoms with Crippen LogP contribution in [-0.4, -0.2) is 23.2 Å². The van der Waals surface area contributed by atoms with Crippen molar-refractivity contribution in [2.45, 2.75) is 20.4 Å². The van der Waals surface area contributed by atoms with Crippen LogP contribution in [0.4, 0.5) is 10.2 Å². The Labute approximate surface area is 122 Å². The van der Waals surface area contributed by atoms with E-state index in [1.165, 1.54) is 7.05 Å². The molecule has 21 heavy (non-hydrogen) atoms. The highest BCUT2D eigenvalue weighted by Gasteiger charge is 2.07. The second-order valence-corrected chi connectivity index (χ2v) is 4.78. The number of hydrogen-bond donors (Lipinski definition) is 2. The average molecular weight is 288 g/mol. The number of rotatable bonds is 4. The summed E-state index contributed by atoms with van der Waals surface area (Å²) in [6, 6.07) is 6.86. The van der Waals surface area contributed by atoms with Crippen LogP contribution in [0.25, 0.3) is 0 Å². The van der Waals surface area contributed by atoms with Gasteiger partial charge in [-0.3, -0.25) is 4.79 Å².